The van der Waals surface area contributed by atoms with Crippen LogP contribution in [0.5, 0.6) is 5.88 Å². The fourth-order valence-electron chi connectivity index (χ4n) is 1.57. The van der Waals surface area contributed by atoms with Gasteiger partial charge in [-0.25, -0.2) is 4.39 Å². The van der Waals surface area contributed by atoms with Crippen LogP contribution in [0.1, 0.15) is 4.88 Å². The Balaban J connectivity index is 2.13. The number of halogens is 1. The molecule has 1 aromatic carbocycles. The Labute approximate surface area is 115 Å². The molecule has 0 aliphatic heterocycles. The summed E-state index contributed by atoms with van der Waals surface area (Å²) in [5.74, 6) is 0.316. The molecule has 0 saturated carbocycles. The topological polar surface area (TPSA) is 37.4 Å². The number of rotatable bonds is 5. The van der Waals surface area contributed by atoms with Crippen LogP contribution in [0, 0.1) is 5.82 Å². The Morgan fingerprint density at radius 1 is 1.37 bits per heavy atom. The van der Waals surface area contributed by atoms with Gasteiger partial charge in [-0.2, -0.15) is 4.98 Å². The average molecular weight is 281 g/mol. The van der Waals surface area contributed by atoms with Gasteiger partial charge in [0.2, 0.25) is 5.88 Å². The normalized spacial score (nSPS) is 10.3. The highest BCUT2D eigenvalue weighted by atomic mass is 32.1. The van der Waals surface area contributed by atoms with Gasteiger partial charge >= 0.3 is 0 Å². The van der Waals surface area contributed by atoms with Gasteiger partial charge < -0.3 is 15.0 Å². The van der Waals surface area contributed by atoms with Crippen molar-refractivity contribution in [3.8, 4) is 5.88 Å². The van der Waals surface area contributed by atoms with E-state index in [2.05, 4.69) is 10.3 Å². The maximum atomic E-state index is 13.5. The van der Waals surface area contributed by atoms with Crippen LogP contribution in [0.3, 0.4) is 0 Å². The molecule has 0 bridgehead atoms. The maximum Gasteiger partial charge on any atom is 0.231 e. The van der Waals surface area contributed by atoms with Crippen molar-refractivity contribution in [2.24, 2.45) is 0 Å². The van der Waals surface area contributed by atoms with E-state index in [0.29, 0.717) is 18.1 Å². The summed E-state index contributed by atoms with van der Waals surface area (Å²) in [6, 6.07) is 6.59. The maximum absolute atomic E-state index is 13.5. The van der Waals surface area contributed by atoms with Crippen LogP contribution < -0.4 is 15.0 Å². The van der Waals surface area contributed by atoms with E-state index < -0.39 is 0 Å². The first-order valence-corrected chi connectivity index (χ1v) is 6.63. The van der Waals surface area contributed by atoms with Gasteiger partial charge in [0.25, 0.3) is 0 Å². The van der Waals surface area contributed by atoms with E-state index in [1.165, 1.54) is 17.4 Å². The number of benzene rings is 1. The van der Waals surface area contributed by atoms with E-state index in [1.54, 1.807) is 25.3 Å². The number of aromatic nitrogens is 1. The van der Waals surface area contributed by atoms with E-state index >= 15 is 0 Å². The average Bonchev–Trinajstić information content (AvgIpc) is 2.81. The summed E-state index contributed by atoms with van der Waals surface area (Å²) < 4.78 is 18.7. The molecule has 0 amide bonds. The van der Waals surface area contributed by atoms with Crippen LogP contribution in [0.4, 0.5) is 15.2 Å². The molecule has 1 heterocycles. The quantitative estimate of drug-likeness (QED) is 0.914. The molecule has 102 valence electrons. The number of thiazole rings is 1. The van der Waals surface area contributed by atoms with Gasteiger partial charge in [0, 0.05) is 14.1 Å². The second-order valence-electron chi connectivity index (χ2n) is 4.16. The lowest BCUT2D eigenvalue weighted by Gasteiger charge is -2.06. The third-order valence-electron chi connectivity index (χ3n) is 2.54. The fraction of sp³-hybridized carbons (Fsp3) is 0.308. The van der Waals surface area contributed by atoms with Crippen molar-refractivity contribution in [1.29, 1.82) is 0 Å². The number of hydrogen-bond acceptors (Lipinski definition) is 5. The van der Waals surface area contributed by atoms with E-state index in [9.17, 15) is 4.39 Å². The first kappa shape index (κ1) is 13.6. The lowest BCUT2D eigenvalue weighted by atomic mass is 10.3. The summed E-state index contributed by atoms with van der Waals surface area (Å²) in [4.78, 5) is 7.21. The van der Waals surface area contributed by atoms with Gasteiger partial charge in [-0.1, -0.05) is 23.5 Å². The van der Waals surface area contributed by atoms with E-state index in [-0.39, 0.29) is 5.82 Å². The van der Waals surface area contributed by atoms with Gasteiger partial charge in [-0.05, 0) is 12.1 Å². The van der Waals surface area contributed by atoms with Crippen LogP contribution in [-0.2, 0) is 6.54 Å². The van der Waals surface area contributed by atoms with Crippen molar-refractivity contribution in [2.75, 3.05) is 31.4 Å². The molecule has 1 aromatic heterocycles. The third-order valence-corrected chi connectivity index (χ3v) is 3.74. The lowest BCUT2D eigenvalue weighted by molar-refractivity contribution is 0.397. The Bertz CT molecular complexity index is 557. The minimum atomic E-state index is -0.265. The fourth-order valence-corrected chi connectivity index (χ4v) is 2.46. The smallest absolute Gasteiger partial charge is 0.231 e. The molecule has 6 heteroatoms. The second kappa shape index (κ2) is 5.88. The van der Waals surface area contributed by atoms with Crippen LogP contribution in [-0.4, -0.2) is 26.2 Å². The predicted octanol–water partition coefficient (Wildman–Crippen LogP) is 2.97. The lowest BCUT2D eigenvalue weighted by Crippen LogP contribution is -2.07. The van der Waals surface area contributed by atoms with Gasteiger partial charge in [0.15, 0.2) is 5.13 Å². The van der Waals surface area contributed by atoms with Gasteiger partial charge in [-0.15, -0.1) is 0 Å². The second-order valence-corrected chi connectivity index (χ2v) is 5.22. The van der Waals surface area contributed by atoms with Crippen LogP contribution in [0.25, 0.3) is 0 Å². The molecule has 0 aliphatic carbocycles. The summed E-state index contributed by atoms with van der Waals surface area (Å²) in [5, 5.41) is 3.92. The first-order chi connectivity index (χ1) is 9.11. The highest BCUT2D eigenvalue weighted by molar-refractivity contribution is 7.15. The third kappa shape index (κ3) is 3.14. The zero-order chi connectivity index (χ0) is 13.8. The zero-order valence-corrected chi connectivity index (χ0v) is 11.9. The van der Waals surface area contributed by atoms with Gasteiger partial charge in [0.05, 0.1) is 24.2 Å². The molecule has 0 spiro atoms. The van der Waals surface area contributed by atoms with Crippen molar-refractivity contribution in [1.82, 2.24) is 4.98 Å². The zero-order valence-electron chi connectivity index (χ0n) is 11.1. The standard InChI is InChI=1S/C13H16FN3OS/c1-17(2)13-16-12(18-3)11(19-13)8-15-10-7-5-4-6-9(10)14/h4-7,15H,8H2,1-3H3. The van der Waals surface area contributed by atoms with Gasteiger partial charge in [0.1, 0.15) is 5.82 Å². The summed E-state index contributed by atoms with van der Waals surface area (Å²) in [6.07, 6.45) is 0. The highest BCUT2D eigenvalue weighted by Gasteiger charge is 2.13. The largest absolute Gasteiger partial charge is 0.480 e. The number of methoxy groups -OCH3 is 1. The molecule has 2 rings (SSSR count). The molecule has 0 radical (unpaired) electrons. The number of ether oxygens (including phenoxy) is 1. The monoisotopic (exact) mass is 281 g/mol. The molecule has 19 heavy (non-hydrogen) atoms. The SMILES string of the molecule is COc1nc(N(C)C)sc1CNc1ccccc1F. The molecule has 0 fully saturated rings. The Morgan fingerprint density at radius 3 is 2.74 bits per heavy atom. The summed E-state index contributed by atoms with van der Waals surface area (Å²) in [7, 11) is 5.43. The molecule has 0 aliphatic rings. The van der Waals surface area contributed by atoms with Crippen LogP contribution >= 0.6 is 11.3 Å². The predicted molar refractivity (Wildman–Crippen MR) is 76.7 cm³/mol. The molecule has 0 saturated heterocycles. The summed E-state index contributed by atoms with van der Waals surface area (Å²) in [5.41, 5.74) is 0.476. The van der Waals surface area contributed by atoms with Crippen molar-refractivity contribution in [2.45, 2.75) is 6.54 Å². The Kier molecular flexibility index (Phi) is 4.21. The Hall–Kier alpha value is -1.82. The minimum absolute atomic E-state index is 0.265. The number of nitrogens with zero attached hydrogens (tertiary/aromatic N) is 2. The minimum Gasteiger partial charge on any atom is -0.480 e. The summed E-state index contributed by atoms with van der Waals surface area (Å²) in [6.45, 7) is 0.482. The van der Waals surface area contributed by atoms with Crippen LogP contribution in [0.15, 0.2) is 24.3 Å². The molecule has 2 aromatic rings. The Morgan fingerprint density at radius 2 is 2.11 bits per heavy atom. The highest BCUT2D eigenvalue weighted by Crippen LogP contribution is 2.31. The van der Waals surface area contributed by atoms with E-state index in [0.717, 1.165) is 10.0 Å². The number of hydrogen-bond donors (Lipinski definition) is 1. The first-order valence-electron chi connectivity index (χ1n) is 5.81. The molecule has 1 N–H and O–H groups in total. The molecular formula is C13H16FN3OS. The molecular weight excluding hydrogens is 265 g/mol. The van der Waals surface area contributed by atoms with E-state index in [1.807, 2.05) is 19.0 Å². The number of anilines is 2. The molecule has 0 unspecified atom stereocenters. The van der Waals surface area contributed by atoms with Gasteiger partial charge in [-0.3, -0.25) is 0 Å². The molecule has 4 nitrogen and oxygen atoms in total. The van der Waals surface area contributed by atoms with Crippen molar-refractivity contribution < 1.29 is 9.13 Å². The molecule has 0 atom stereocenters. The van der Waals surface area contributed by atoms with Crippen molar-refractivity contribution in [3.05, 3.63) is 35.0 Å². The summed E-state index contributed by atoms with van der Waals surface area (Å²) >= 11 is 1.52. The van der Waals surface area contributed by atoms with Crippen LogP contribution in [0.2, 0.25) is 0 Å². The van der Waals surface area contributed by atoms with Crippen molar-refractivity contribution in [3.63, 3.8) is 0 Å². The van der Waals surface area contributed by atoms with Crippen molar-refractivity contribution >= 4 is 22.2 Å². The van der Waals surface area contributed by atoms with E-state index in [4.69, 9.17) is 4.74 Å². The number of nitrogens with one attached hydrogen (secondary N) is 1. The number of para-hydroxylation sites is 1.